The zero-order valence-corrected chi connectivity index (χ0v) is 25.0. The molecule has 6 N–H and O–H groups in total. The number of primary amides is 1. The predicted molar refractivity (Wildman–Crippen MR) is 157 cm³/mol. The summed E-state index contributed by atoms with van der Waals surface area (Å²) in [6.07, 6.45) is 10.1. The van der Waals surface area contributed by atoms with Crippen molar-refractivity contribution in [1.29, 1.82) is 0 Å². The largest absolute Gasteiger partial charge is 0.368 e. The number of unbranched alkanes of at least 4 members (excludes halogenated alkanes) is 3. The molecule has 0 aromatic heterocycles. The second-order valence-corrected chi connectivity index (χ2v) is 14.9. The van der Waals surface area contributed by atoms with Crippen molar-refractivity contribution in [3.63, 3.8) is 0 Å². The van der Waals surface area contributed by atoms with Crippen molar-refractivity contribution in [2.75, 3.05) is 6.54 Å². The maximum Gasteiger partial charge on any atom is 0.245 e. The molecule has 1 saturated heterocycles. The average Bonchev–Trinajstić information content (AvgIpc) is 3.51. The molecule has 1 aromatic rings. The van der Waals surface area contributed by atoms with Gasteiger partial charge in [0.05, 0.1) is 6.04 Å². The first-order valence-electron chi connectivity index (χ1n) is 14.5. The van der Waals surface area contributed by atoms with Crippen molar-refractivity contribution in [3.8, 4) is 0 Å². The third-order valence-electron chi connectivity index (χ3n) is 8.02. The first kappa shape index (κ1) is 32.0. The summed E-state index contributed by atoms with van der Waals surface area (Å²) in [5.74, 6) is -1.03. The fourth-order valence-electron chi connectivity index (χ4n) is 5.33. The summed E-state index contributed by atoms with van der Waals surface area (Å²) in [6.45, 7) is 6.07. The number of benzene rings is 1. The summed E-state index contributed by atoms with van der Waals surface area (Å²) < 4.78 is 12.8. The SMILES string of the molecule is CC(C)(C)[C@H](N)C(=O)N[C@@H](CCCCC/C=C\[C@@H]1C[C@@H]1P(=O)(O)Cc1ccccc1)C(=O)N1CCC[C@H]1C(N)=O. The van der Waals surface area contributed by atoms with Crippen LogP contribution in [0.15, 0.2) is 42.5 Å². The first-order chi connectivity index (χ1) is 18.8. The molecule has 1 unspecified atom stereocenters. The number of nitrogens with two attached hydrogens (primary N) is 2. The lowest BCUT2D eigenvalue weighted by molar-refractivity contribution is -0.141. The molecule has 40 heavy (non-hydrogen) atoms. The van der Waals surface area contributed by atoms with Crippen LogP contribution in [0, 0.1) is 11.3 Å². The number of likely N-dealkylation sites (tertiary alicyclic amines) is 1. The normalized spacial score (nSPS) is 23.9. The number of nitrogens with zero attached hydrogens (tertiary/aromatic N) is 1. The van der Waals surface area contributed by atoms with E-state index in [-0.39, 0.29) is 29.6 Å². The van der Waals surface area contributed by atoms with Crippen LogP contribution in [-0.4, -0.2) is 57.8 Å². The van der Waals surface area contributed by atoms with Crippen molar-refractivity contribution in [2.24, 2.45) is 22.8 Å². The van der Waals surface area contributed by atoms with E-state index >= 15 is 0 Å². The van der Waals surface area contributed by atoms with Gasteiger partial charge in [0, 0.05) is 18.4 Å². The van der Waals surface area contributed by atoms with E-state index < -0.39 is 36.8 Å². The highest BCUT2D eigenvalue weighted by Crippen LogP contribution is 2.63. The van der Waals surface area contributed by atoms with Gasteiger partial charge in [0.25, 0.3) is 0 Å². The van der Waals surface area contributed by atoms with Gasteiger partial charge in [0.1, 0.15) is 12.1 Å². The van der Waals surface area contributed by atoms with E-state index in [1.54, 1.807) is 0 Å². The van der Waals surface area contributed by atoms with Crippen LogP contribution in [-0.2, 0) is 25.1 Å². The maximum absolute atomic E-state index is 13.4. The number of carbonyl (C=O) groups is 3. The summed E-state index contributed by atoms with van der Waals surface area (Å²) >= 11 is 0. The van der Waals surface area contributed by atoms with Crippen LogP contribution in [0.25, 0.3) is 0 Å². The molecule has 6 atom stereocenters. The summed E-state index contributed by atoms with van der Waals surface area (Å²) in [6, 6.07) is 7.28. The second-order valence-electron chi connectivity index (χ2n) is 12.4. The predicted octanol–water partition coefficient (Wildman–Crippen LogP) is 3.69. The minimum Gasteiger partial charge on any atom is -0.368 e. The van der Waals surface area contributed by atoms with Gasteiger partial charge in [-0.1, -0.05) is 76.1 Å². The molecule has 1 aliphatic carbocycles. The number of nitrogens with one attached hydrogen (secondary N) is 1. The van der Waals surface area contributed by atoms with E-state index in [0.717, 1.165) is 37.7 Å². The van der Waals surface area contributed by atoms with Crippen LogP contribution in [0.5, 0.6) is 0 Å². The fourth-order valence-corrected chi connectivity index (χ4v) is 7.57. The highest BCUT2D eigenvalue weighted by Gasteiger charge is 2.48. The van der Waals surface area contributed by atoms with Gasteiger partial charge in [0.15, 0.2) is 0 Å². The lowest BCUT2D eigenvalue weighted by Crippen LogP contribution is -2.57. The zero-order chi connectivity index (χ0) is 29.5. The number of carbonyl (C=O) groups excluding carboxylic acids is 3. The Bertz CT molecular complexity index is 1100. The van der Waals surface area contributed by atoms with E-state index in [1.807, 2.05) is 51.1 Å². The van der Waals surface area contributed by atoms with Gasteiger partial charge in [-0.2, -0.15) is 0 Å². The van der Waals surface area contributed by atoms with Crippen LogP contribution < -0.4 is 16.8 Å². The third kappa shape index (κ3) is 9.02. The molecule has 0 spiro atoms. The smallest absolute Gasteiger partial charge is 0.245 e. The molecule has 2 aliphatic rings. The van der Waals surface area contributed by atoms with Crippen molar-refractivity contribution in [2.45, 2.75) is 102 Å². The lowest BCUT2D eigenvalue weighted by Gasteiger charge is -2.31. The Morgan fingerprint density at radius 3 is 2.52 bits per heavy atom. The first-order valence-corrected chi connectivity index (χ1v) is 16.4. The molecular weight excluding hydrogens is 527 g/mol. The number of rotatable bonds is 14. The van der Waals surface area contributed by atoms with E-state index in [0.29, 0.717) is 25.8 Å². The monoisotopic (exact) mass is 574 g/mol. The second kappa shape index (κ2) is 13.9. The Kier molecular flexibility index (Phi) is 11.2. The van der Waals surface area contributed by atoms with Crippen molar-refractivity contribution in [3.05, 3.63) is 48.0 Å². The van der Waals surface area contributed by atoms with Gasteiger partial charge < -0.3 is 26.6 Å². The molecular formula is C30H47N4O5P. The molecule has 1 saturated carbocycles. The van der Waals surface area contributed by atoms with Crippen LogP contribution >= 0.6 is 7.37 Å². The Balaban J connectivity index is 1.46. The molecule has 1 aliphatic heterocycles. The van der Waals surface area contributed by atoms with Crippen molar-refractivity contribution < 1.29 is 23.8 Å². The van der Waals surface area contributed by atoms with Gasteiger partial charge in [-0.15, -0.1) is 0 Å². The molecule has 3 rings (SSSR count). The van der Waals surface area contributed by atoms with Crippen LogP contribution in [0.3, 0.4) is 0 Å². The quantitative estimate of drug-likeness (QED) is 0.151. The molecule has 3 amide bonds. The Morgan fingerprint density at radius 2 is 1.88 bits per heavy atom. The van der Waals surface area contributed by atoms with Gasteiger partial charge in [-0.25, -0.2) is 0 Å². The van der Waals surface area contributed by atoms with Crippen molar-refractivity contribution in [1.82, 2.24) is 10.2 Å². The fraction of sp³-hybridized carbons (Fsp3) is 0.633. The highest BCUT2D eigenvalue weighted by atomic mass is 31.2. The zero-order valence-electron chi connectivity index (χ0n) is 24.1. The summed E-state index contributed by atoms with van der Waals surface area (Å²) in [7, 11) is -3.23. The summed E-state index contributed by atoms with van der Waals surface area (Å²) in [5, 5.41) is 2.85. The minimum atomic E-state index is -3.23. The van der Waals surface area contributed by atoms with Gasteiger partial charge >= 0.3 is 0 Å². The topological polar surface area (TPSA) is 156 Å². The molecule has 222 valence electrons. The van der Waals surface area contributed by atoms with Gasteiger partial charge in [-0.3, -0.25) is 18.9 Å². The van der Waals surface area contributed by atoms with E-state index in [4.69, 9.17) is 11.5 Å². The van der Waals surface area contributed by atoms with Crippen LogP contribution in [0.1, 0.15) is 77.7 Å². The van der Waals surface area contributed by atoms with E-state index in [2.05, 4.69) is 17.5 Å². The van der Waals surface area contributed by atoms with Gasteiger partial charge in [0.2, 0.25) is 25.1 Å². The number of hydrogen-bond donors (Lipinski definition) is 4. The molecule has 10 heteroatoms. The van der Waals surface area contributed by atoms with E-state index in [1.165, 1.54) is 4.90 Å². The van der Waals surface area contributed by atoms with E-state index in [9.17, 15) is 23.8 Å². The number of allylic oxidation sites excluding steroid dienone is 2. The summed E-state index contributed by atoms with van der Waals surface area (Å²) in [5.41, 5.74) is 11.9. The van der Waals surface area contributed by atoms with Crippen LogP contribution in [0.4, 0.5) is 0 Å². The lowest BCUT2D eigenvalue weighted by atomic mass is 9.86. The average molecular weight is 575 g/mol. The van der Waals surface area contributed by atoms with Crippen molar-refractivity contribution >= 4 is 25.1 Å². The Labute approximate surface area is 238 Å². The molecule has 9 nitrogen and oxygen atoms in total. The molecule has 2 fully saturated rings. The van der Waals surface area contributed by atoms with Gasteiger partial charge in [-0.05, 0) is 55.4 Å². The highest BCUT2D eigenvalue weighted by molar-refractivity contribution is 7.58. The Hall–Kier alpha value is -2.48. The molecule has 1 heterocycles. The molecule has 1 aromatic carbocycles. The molecule has 0 bridgehead atoms. The van der Waals surface area contributed by atoms with Crippen LogP contribution in [0.2, 0.25) is 0 Å². The minimum absolute atomic E-state index is 0.155. The standard InChI is InChI=1S/C30H47N4O5P/c1-30(2,3)26(31)28(36)33-23(29(37)34-18-12-17-24(34)27(32)35)16-11-6-4-5-10-15-22-19-25(22)40(38,39)20-21-13-8-7-9-14-21/h7-10,13-15,22-26H,4-6,11-12,16-20,31H2,1-3H3,(H2,32,35)(H,33,36)(H,38,39)/b15-10-/t22-,23+,24+,25+,26-/m1/s1. The number of amides is 3. The maximum atomic E-state index is 13.4. The molecule has 0 radical (unpaired) electrons. The number of hydrogen-bond acceptors (Lipinski definition) is 5. The third-order valence-corrected chi connectivity index (χ3v) is 10.5. The summed E-state index contributed by atoms with van der Waals surface area (Å²) in [4.78, 5) is 50.1. The Morgan fingerprint density at radius 1 is 1.18 bits per heavy atom.